The summed E-state index contributed by atoms with van der Waals surface area (Å²) in [7, 11) is 0. The molecule has 1 atom stereocenters. The summed E-state index contributed by atoms with van der Waals surface area (Å²) in [4.78, 5) is 4.08. The van der Waals surface area contributed by atoms with E-state index in [4.69, 9.17) is 22.1 Å². The molecule has 0 aliphatic carbocycles. The summed E-state index contributed by atoms with van der Waals surface area (Å²) in [6.07, 6.45) is 4.95. The zero-order chi connectivity index (χ0) is 14.5. The minimum absolute atomic E-state index is 0.0675. The third-order valence-corrected chi connectivity index (χ3v) is 3.76. The molecule has 0 fully saturated rings. The Morgan fingerprint density at radius 1 is 1.40 bits per heavy atom. The van der Waals surface area contributed by atoms with E-state index in [9.17, 15) is 0 Å². The Hall–Kier alpha value is -1.10. The van der Waals surface area contributed by atoms with Gasteiger partial charge >= 0.3 is 0 Å². The molecule has 0 saturated heterocycles. The van der Waals surface area contributed by atoms with Crippen LogP contribution in [0.4, 0.5) is 0 Å². The monoisotopic (exact) mass is 354 g/mol. The number of aromatic nitrogens is 1. The number of rotatable bonds is 5. The normalized spacial score (nSPS) is 12.2. The van der Waals surface area contributed by atoms with E-state index in [1.165, 1.54) is 0 Å². The van der Waals surface area contributed by atoms with E-state index in [1.807, 2.05) is 24.3 Å². The Morgan fingerprint density at radius 2 is 2.20 bits per heavy atom. The van der Waals surface area contributed by atoms with Crippen LogP contribution < -0.4 is 10.5 Å². The van der Waals surface area contributed by atoms with Gasteiger partial charge < -0.3 is 10.5 Å². The lowest BCUT2D eigenvalue weighted by Gasteiger charge is -2.15. The van der Waals surface area contributed by atoms with E-state index >= 15 is 0 Å². The van der Waals surface area contributed by atoms with Crippen molar-refractivity contribution in [3.63, 3.8) is 0 Å². The molecule has 2 aromatic rings. The molecule has 0 aliphatic heterocycles. The van der Waals surface area contributed by atoms with E-state index < -0.39 is 0 Å². The number of pyridine rings is 1. The van der Waals surface area contributed by atoms with Gasteiger partial charge in [0.25, 0.3) is 0 Å². The lowest BCUT2D eigenvalue weighted by Crippen LogP contribution is -2.21. The highest BCUT2D eigenvalue weighted by atomic mass is 79.9. The van der Waals surface area contributed by atoms with E-state index in [2.05, 4.69) is 27.8 Å². The van der Waals surface area contributed by atoms with Crippen molar-refractivity contribution in [2.75, 3.05) is 0 Å². The fraction of sp³-hybridized carbons (Fsp3) is 0.267. The van der Waals surface area contributed by atoms with Crippen LogP contribution in [0.15, 0.2) is 41.1 Å². The second-order valence-electron chi connectivity index (χ2n) is 4.53. The standard InChI is InChI=1S/C15H16BrClN2O/c1-2-11(18)7-13-14(17)4-3-5-15(13)20-12-6-10(16)8-19-9-12/h3-6,8-9,11H,2,7,18H2,1H3. The molecule has 2 rings (SSSR count). The quantitative estimate of drug-likeness (QED) is 0.854. The maximum absolute atomic E-state index is 6.27. The van der Waals surface area contributed by atoms with Crippen molar-refractivity contribution >= 4 is 27.5 Å². The number of nitrogens with two attached hydrogens (primary N) is 1. The van der Waals surface area contributed by atoms with Crippen molar-refractivity contribution < 1.29 is 4.74 Å². The predicted molar refractivity (Wildman–Crippen MR) is 85.4 cm³/mol. The first-order valence-corrected chi connectivity index (χ1v) is 7.58. The van der Waals surface area contributed by atoms with Gasteiger partial charge in [-0.3, -0.25) is 4.98 Å². The Balaban J connectivity index is 2.29. The van der Waals surface area contributed by atoms with Crippen LogP contribution >= 0.6 is 27.5 Å². The number of hydrogen-bond donors (Lipinski definition) is 1. The van der Waals surface area contributed by atoms with Crippen molar-refractivity contribution in [3.05, 3.63) is 51.7 Å². The van der Waals surface area contributed by atoms with Crippen LogP contribution in [-0.2, 0) is 6.42 Å². The fourth-order valence-corrected chi connectivity index (χ4v) is 2.40. The topological polar surface area (TPSA) is 48.1 Å². The Kier molecular flexibility index (Phi) is 5.40. The first kappa shape index (κ1) is 15.3. The number of halogens is 2. The van der Waals surface area contributed by atoms with Crippen molar-refractivity contribution in [3.8, 4) is 11.5 Å². The molecule has 0 radical (unpaired) electrons. The highest BCUT2D eigenvalue weighted by molar-refractivity contribution is 9.10. The van der Waals surface area contributed by atoms with Crippen LogP contribution in [0.25, 0.3) is 0 Å². The zero-order valence-corrected chi connectivity index (χ0v) is 13.5. The molecule has 0 amide bonds. The molecular weight excluding hydrogens is 340 g/mol. The molecule has 1 aromatic heterocycles. The summed E-state index contributed by atoms with van der Waals surface area (Å²) in [5.41, 5.74) is 6.96. The van der Waals surface area contributed by atoms with Crippen LogP contribution in [0.2, 0.25) is 5.02 Å². The Labute approximate surface area is 132 Å². The van der Waals surface area contributed by atoms with Gasteiger partial charge in [0.15, 0.2) is 0 Å². The molecule has 1 heterocycles. The average Bonchev–Trinajstić information content (AvgIpc) is 2.42. The molecule has 5 heteroatoms. The van der Waals surface area contributed by atoms with Gasteiger partial charge in [0, 0.05) is 27.3 Å². The van der Waals surface area contributed by atoms with Crippen LogP contribution in [0, 0.1) is 0 Å². The molecule has 0 saturated carbocycles. The first-order valence-electron chi connectivity index (χ1n) is 6.41. The maximum atomic E-state index is 6.27. The first-order chi connectivity index (χ1) is 9.60. The molecule has 1 aromatic carbocycles. The van der Waals surface area contributed by atoms with Crippen LogP contribution in [0.5, 0.6) is 11.5 Å². The number of hydrogen-bond acceptors (Lipinski definition) is 3. The largest absolute Gasteiger partial charge is 0.455 e. The van der Waals surface area contributed by atoms with E-state index in [1.54, 1.807) is 12.4 Å². The van der Waals surface area contributed by atoms with Gasteiger partial charge in [-0.25, -0.2) is 0 Å². The average molecular weight is 356 g/mol. The minimum atomic E-state index is 0.0675. The summed E-state index contributed by atoms with van der Waals surface area (Å²) in [5, 5.41) is 0.675. The van der Waals surface area contributed by atoms with Crippen molar-refractivity contribution in [2.24, 2.45) is 5.73 Å². The van der Waals surface area contributed by atoms with Crippen LogP contribution in [-0.4, -0.2) is 11.0 Å². The summed E-state index contributed by atoms with van der Waals surface area (Å²) < 4.78 is 6.75. The predicted octanol–water partition coefficient (Wildman–Crippen LogP) is 4.57. The molecular formula is C15H16BrClN2O. The fourth-order valence-electron chi connectivity index (χ4n) is 1.81. The van der Waals surface area contributed by atoms with Gasteiger partial charge in [-0.1, -0.05) is 24.6 Å². The van der Waals surface area contributed by atoms with Gasteiger partial charge in [-0.2, -0.15) is 0 Å². The smallest absolute Gasteiger partial charge is 0.146 e. The van der Waals surface area contributed by atoms with Gasteiger partial charge in [-0.15, -0.1) is 0 Å². The van der Waals surface area contributed by atoms with E-state index in [0.29, 0.717) is 17.2 Å². The van der Waals surface area contributed by atoms with Gasteiger partial charge in [0.1, 0.15) is 11.5 Å². The third kappa shape index (κ3) is 3.95. The molecule has 0 spiro atoms. The van der Waals surface area contributed by atoms with Crippen molar-refractivity contribution in [2.45, 2.75) is 25.8 Å². The second-order valence-corrected chi connectivity index (χ2v) is 5.85. The Morgan fingerprint density at radius 3 is 2.90 bits per heavy atom. The summed E-state index contributed by atoms with van der Waals surface area (Å²) in [6, 6.07) is 7.54. The summed E-state index contributed by atoms with van der Waals surface area (Å²) in [6.45, 7) is 2.06. The molecule has 1 unspecified atom stereocenters. The molecule has 3 nitrogen and oxygen atoms in total. The van der Waals surface area contributed by atoms with Crippen LogP contribution in [0.1, 0.15) is 18.9 Å². The van der Waals surface area contributed by atoms with E-state index in [0.717, 1.165) is 22.2 Å². The highest BCUT2D eigenvalue weighted by Crippen LogP contribution is 2.32. The molecule has 0 aliphatic rings. The van der Waals surface area contributed by atoms with Gasteiger partial charge in [-0.05, 0) is 47.0 Å². The lowest BCUT2D eigenvalue weighted by molar-refractivity contribution is 0.469. The highest BCUT2D eigenvalue weighted by Gasteiger charge is 2.12. The van der Waals surface area contributed by atoms with E-state index in [-0.39, 0.29) is 6.04 Å². The summed E-state index contributed by atoms with van der Waals surface area (Å²) in [5.74, 6) is 1.38. The summed E-state index contributed by atoms with van der Waals surface area (Å²) >= 11 is 9.64. The minimum Gasteiger partial charge on any atom is -0.455 e. The van der Waals surface area contributed by atoms with Crippen LogP contribution in [0.3, 0.4) is 0 Å². The molecule has 20 heavy (non-hydrogen) atoms. The molecule has 0 bridgehead atoms. The number of nitrogens with zero attached hydrogens (tertiary/aromatic N) is 1. The number of ether oxygens (including phenoxy) is 1. The zero-order valence-electron chi connectivity index (χ0n) is 11.1. The third-order valence-electron chi connectivity index (χ3n) is 2.97. The Bertz CT molecular complexity index is 592. The van der Waals surface area contributed by atoms with Gasteiger partial charge in [0.05, 0.1) is 6.20 Å². The van der Waals surface area contributed by atoms with Crippen molar-refractivity contribution in [1.82, 2.24) is 4.98 Å². The maximum Gasteiger partial charge on any atom is 0.146 e. The molecule has 2 N–H and O–H groups in total. The van der Waals surface area contributed by atoms with Crippen molar-refractivity contribution in [1.29, 1.82) is 0 Å². The van der Waals surface area contributed by atoms with Gasteiger partial charge in [0.2, 0.25) is 0 Å². The SMILES string of the molecule is CCC(N)Cc1c(Cl)cccc1Oc1cncc(Br)c1. The number of benzene rings is 1. The molecule has 106 valence electrons. The lowest BCUT2D eigenvalue weighted by atomic mass is 10.0. The second kappa shape index (κ2) is 7.07.